The first-order valence-corrected chi connectivity index (χ1v) is 9.51. The maximum absolute atomic E-state index is 12.3. The number of nitrogens with zero attached hydrogens (tertiary/aromatic N) is 1. The highest BCUT2D eigenvalue weighted by atomic mass is 35.5. The van der Waals surface area contributed by atoms with E-state index in [0.29, 0.717) is 26.5 Å². The molecule has 0 atom stereocenters. The molecular formula is C18H14Cl2N4O2S. The minimum Gasteiger partial charge on any atom is -0.382 e. The molecule has 138 valence electrons. The quantitative estimate of drug-likeness (QED) is 0.423. The third-order valence-electron chi connectivity index (χ3n) is 3.56. The van der Waals surface area contributed by atoms with Crippen molar-refractivity contribution in [2.24, 2.45) is 0 Å². The summed E-state index contributed by atoms with van der Waals surface area (Å²) in [6.45, 7) is 0. The minimum atomic E-state index is -0.525. The molecule has 0 spiro atoms. The molecule has 1 aromatic heterocycles. The van der Waals surface area contributed by atoms with Crippen molar-refractivity contribution >= 4 is 52.4 Å². The average Bonchev–Trinajstić information content (AvgIpc) is 2.66. The maximum atomic E-state index is 12.3. The van der Waals surface area contributed by atoms with Gasteiger partial charge in [-0.1, -0.05) is 59.2 Å². The highest BCUT2D eigenvalue weighted by Crippen LogP contribution is 2.26. The number of nitrogens with one attached hydrogen (secondary N) is 2. The fraction of sp³-hybridized carbons (Fsp3) is 0.0556. The van der Waals surface area contributed by atoms with Crippen LogP contribution < -0.4 is 16.6 Å². The van der Waals surface area contributed by atoms with Crippen molar-refractivity contribution in [3.05, 3.63) is 80.1 Å². The van der Waals surface area contributed by atoms with Gasteiger partial charge in [-0.05, 0) is 29.8 Å². The van der Waals surface area contributed by atoms with Crippen LogP contribution in [-0.4, -0.2) is 15.9 Å². The number of hydrogen-bond donors (Lipinski definition) is 3. The standard InChI is InChI=1S/C18H14Cl2N4O2S/c19-12-7-6-10(8-13(12)20)9-27-18-23-15(21)14(17(26)24-18)22-16(25)11-4-2-1-3-5-11/h1-8H,9H2,(H,22,25)(H3,21,23,24,26). The number of anilines is 2. The Hall–Kier alpha value is -2.48. The number of thioether (sulfide) groups is 1. The fourth-order valence-electron chi connectivity index (χ4n) is 2.21. The number of aromatic nitrogens is 2. The van der Waals surface area contributed by atoms with Gasteiger partial charge in [-0.3, -0.25) is 14.6 Å². The molecule has 0 saturated carbocycles. The molecule has 0 radical (unpaired) electrons. The molecular weight excluding hydrogens is 407 g/mol. The molecule has 6 nitrogen and oxygen atoms in total. The van der Waals surface area contributed by atoms with E-state index in [1.807, 2.05) is 6.07 Å². The summed E-state index contributed by atoms with van der Waals surface area (Å²) in [7, 11) is 0. The van der Waals surface area contributed by atoms with Crippen LogP contribution in [0.2, 0.25) is 10.0 Å². The maximum Gasteiger partial charge on any atom is 0.277 e. The number of halogens is 2. The molecule has 2 aromatic carbocycles. The van der Waals surface area contributed by atoms with Gasteiger partial charge in [0.05, 0.1) is 10.0 Å². The lowest BCUT2D eigenvalue weighted by Crippen LogP contribution is -2.23. The highest BCUT2D eigenvalue weighted by Gasteiger charge is 2.14. The Morgan fingerprint density at radius 2 is 1.89 bits per heavy atom. The topological polar surface area (TPSA) is 101 Å². The third kappa shape index (κ3) is 4.82. The van der Waals surface area contributed by atoms with Crippen molar-refractivity contribution in [2.45, 2.75) is 10.9 Å². The van der Waals surface area contributed by atoms with Gasteiger partial charge in [0.2, 0.25) is 0 Å². The predicted molar refractivity (Wildman–Crippen MR) is 110 cm³/mol. The molecule has 0 unspecified atom stereocenters. The minimum absolute atomic E-state index is 0.0559. The number of aromatic amines is 1. The van der Waals surface area contributed by atoms with Crippen LogP contribution in [0.15, 0.2) is 58.5 Å². The van der Waals surface area contributed by atoms with Gasteiger partial charge in [-0.15, -0.1) is 0 Å². The van der Waals surface area contributed by atoms with Crippen LogP contribution in [0, 0.1) is 0 Å². The molecule has 0 aliphatic heterocycles. The Balaban J connectivity index is 1.73. The summed E-state index contributed by atoms with van der Waals surface area (Å²) in [6.07, 6.45) is 0. The average molecular weight is 421 g/mol. The molecule has 1 heterocycles. The van der Waals surface area contributed by atoms with E-state index in [1.54, 1.807) is 42.5 Å². The van der Waals surface area contributed by atoms with Crippen molar-refractivity contribution < 1.29 is 4.79 Å². The van der Waals surface area contributed by atoms with Crippen molar-refractivity contribution in [3.8, 4) is 0 Å². The monoisotopic (exact) mass is 420 g/mol. The van der Waals surface area contributed by atoms with Crippen molar-refractivity contribution in [2.75, 3.05) is 11.1 Å². The number of benzene rings is 2. The first kappa shape index (κ1) is 19.3. The molecule has 1 amide bonds. The zero-order valence-corrected chi connectivity index (χ0v) is 16.2. The largest absolute Gasteiger partial charge is 0.382 e. The number of amides is 1. The Morgan fingerprint density at radius 1 is 1.15 bits per heavy atom. The highest BCUT2D eigenvalue weighted by molar-refractivity contribution is 7.98. The van der Waals surface area contributed by atoms with E-state index in [4.69, 9.17) is 28.9 Å². The first-order chi connectivity index (χ1) is 12.9. The predicted octanol–water partition coefficient (Wildman–Crippen LogP) is 4.20. The van der Waals surface area contributed by atoms with Gasteiger partial charge >= 0.3 is 0 Å². The number of nitrogen functional groups attached to an aromatic ring is 1. The van der Waals surface area contributed by atoms with Crippen LogP contribution >= 0.6 is 35.0 Å². The van der Waals surface area contributed by atoms with E-state index < -0.39 is 11.5 Å². The molecule has 0 aliphatic carbocycles. The smallest absolute Gasteiger partial charge is 0.277 e. The van der Waals surface area contributed by atoms with Gasteiger partial charge < -0.3 is 11.1 Å². The Bertz CT molecular complexity index is 1040. The van der Waals surface area contributed by atoms with Gasteiger partial charge in [0.1, 0.15) is 5.69 Å². The van der Waals surface area contributed by atoms with Crippen LogP contribution in [0.4, 0.5) is 11.5 Å². The lowest BCUT2D eigenvalue weighted by molar-refractivity contribution is 0.102. The molecule has 0 saturated heterocycles. The van der Waals surface area contributed by atoms with Crippen molar-refractivity contribution in [1.29, 1.82) is 0 Å². The molecule has 0 bridgehead atoms. The van der Waals surface area contributed by atoms with E-state index >= 15 is 0 Å². The Morgan fingerprint density at radius 3 is 2.56 bits per heavy atom. The second-order valence-corrected chi connectivity index (χ2v) is 7.27. The van der Waals surface area contributed by atoms with Gasteiger partial charge in [-0.25, -0.2) is 4.98 Å². The summed E-state index contributed by atoms with van der Waals surface area (Å²) in [4.78, 5) is 31.3. The number of H-pyrrole nitrogens is 1. The summed E-state index contributed by atoms with van der Waals surface area (Å²) in [6, 6.07) is 13.8. The van der Waals surface area contributed by atoms with Crippen LogP contribution in [0.1, 0.15) is 15.9 Å². The zero-order valence-electron chi connectivity index (χ0n) is 13.8. The normalized spacial score (nSPS) is 10.6. The Kier molecular flexibility index (Phi) is 6.05. The molecule has 4 N–H and O–H groups in total. The number of rotatable bonds is 5. The number of carbonyl (C=O) groups excluding carboxylic acids is 1. The first-order valence-electron chi connectivity index (χ1n) is 7.77. The van der Waals surface area contributed by atoms with E-state index in [9.17, 15) is 9.59 Å². The van der Waals surface area contributed by atoms with Crippen LogP contribution in [-0.2, 0) is 5.75 Å². The molecule has 0 aliphatic rings. The summed E-state index contributed by atoms with van der Waals surface area (Å²) < 4.78 is 0. The summed E-state index contributed by atoms with van der Waals surface area (Å²) >= 11 is 13.2. The molecule has 9 heteroatoms. The van der Waals surface area contributed by atoms with Crippen LogP contribution in [0.3, 0.4) is 0 Å². The molecule has 27 heavy (non-hydrogen) atoms. The van der Waals surface area contributed by atoms with Crippen molar-refractivity contribution in [1.82, 2.24) is 9.97 Å². The van der Waals surface area contributed by atoms with Gasteiger partial charge in [0, 0.05) is 11.3 Å². The van der Waals surface area contributed by atoms with Gasteiger partial charge in [-0.2, -0.15) is 0 Å². The number of carbonyl (C=O) groups is 1. The van der Waals surface area contributed by atoms with Crippen LogP contribution in [0.25, 0.3) is 0 Å². The van der Waals surface area contributed by atoms with Gasteiger partial charge in [0.15, 0.2) is 11.0 Å². The molecule has 3 aromatic rings. The van der Waals surface area contributed by atoms with E-state index in [-0.39, 0.29) is 11.5 Å². The SMILES string of the molecule is Nc1nc(SCc2ccc(Cl)c(Cl)c2)[nH]c(=O)c1NC(=O)c1ccccc1. The molecule has 0 fully saturated rings. The van der Waals surface area contributed by atoms with Gasteiger partial charge in [0.25, 0.3) is 11.5 Å². The molecule has 3 rings (SSSR count). The van der Waals surface area contributed by atoms with Crippen LogP contribution in [0.5, 0.6) is 0 Å². The lowest BCUT2D eigenvalue weighted by Gasteiger charge is -2.09. The lowest BCUT2D eigenvalue weighted by atomic mass is 10.2. The number of nitrogens with two attached hydrogens (primary N) is 1. The van der Waals surface area contributed by atoms with Crippen molar-refractivity contribution in [3.63, 3.8) is 0 Å². The Labute approximate surface area is 169 Å². The van der Waals surface area contributed by atoms with E-state index in [1.165, 1.54) is 11.8 Å². The second-order valence-electron chi connectivity index (χ2n) is 5.49. The third-order valence-corrected chi connectivity index (χ3v) is 5.24. The number of hydrogen-bond acceptors (Lipinski definition) is 5. The second kappa shape index (κ2) is 8.47. The van der Waals surface area contributed by atoms with E-state index in [2.05, 4.69) is 15.3 Å². The summed E-state index contributed by atoms with van der Waals surface area (Å²) in [5.41, 5.74) is 6.58. The fourth-order valence-corrected chi connectivity index (χ4v) is 3.35. The van der Waals surface area contributed by atoms with E-state index in [0.717, 1.165) is 5.56 Å². The summed E-state index contributed by atoms with van der Waals surface area (Å²) in [5.74, 6) is 0.0140. The summed E-state index contributed by atoms with van der Waals surface area (Å²) in [5, 5.41) is 3.76. The zero-order chi connectivity index (χ0) is 19.4.